The van der Waals surface area contributed by atoms with Crippen molar-refractivity contribution in [2.75, 3.05) is 32.7 Å². The predicted octanol–water partition coefficient (Wildman–Crippen LogP) is 1.53. The van der Waals surface area contributed by atoms with Crippen LogP contribution < -0.4 is 0 Å². The van der Waals surface area contributed by atoms with Gasteiger partial charge in [-0.05, 0) is 6.07 Å². The van der Waals surface area contributed by atoms with Gasteiger partial charge < -0.3 is 4.90 Å². The Balaban J connectivity index is 2.11. The number of hydrogen-bond donors (Lipinski definition) is 0. The van der Waals surface area contributed by atoms with Crippen LogP contribution in [0.25, 0.3) is 0 Å². The summed E-state index contributed by atoms with van der Waals surface area (Å²) in [6.07, 6.45) is 0. The molecule has 1 amide bonds. The Morgan fingerprint density at radius 2 is 2.00 bits per heavy atom. The van der Waals surface area contributed by atoms with E-state index < -0.39 is 4.92 Å². The van der Waals surface area contributed by atoms with Crippen LogP contribution in [0.5, 0.6) is 0 Å². The first-order valence-electron chi connectivity index (χ1n) is 6.35. The van der Waals surface area contributed by atoms with Crippen molar-refractivity contribution < 1.29 is 9.72 Å². The number of nitrogens with zero attached hydrogens (tertiary/aromatic N) is 4. The van der Waals surface area contributed by atoms with Crippen LogP contribution in [0.15, 0.2) is 18.2 Å². The topological polar surface area (TPSA) is 90.5 Å². The van der Waals surface area contributed by atoms with Gasteiger partial charge in [0.25, 0.3) is 11.6 Å². The number of nitro benzene ring substituents is 1. The van der Waals surface area contributed by atoms with E-state index in [9.17, 15) is 14.9 Å². The second-order valence-corrected chi connectivity index (χ2v) is 5.12. The molecule has 1 aliphatic rings. The second kappa shape index (κ2) is 6.52. The first kappa shape index (κ1) is 15.2. The number of hydrogen-bond acceptors (Lipinski definition) is 5. The number of carbonyl (C=O) groups excluding carboxylic acids is 1. The minimum Gasteiger partial charge on any atom is -0.336 e. The summed E-state index contributed by atoms with van der Waals surface area (Å²) in [5.74, 6) is -0.280. The van der Waals surface area contributed by atoms with Crippen molar-refractivity contribution in [3.05, 3.63) is 38.9 Å². The minimum atomic E-state index is -0.576. The van der Waals surface area contributed by atoms with Gasteiger partial charge in [0.1, 0.15) is 0 Å². The van der Waals surface area contributed by atoms with E-state index in [4.69, 9.17) is 16.9 Å². The monoisotopic (exact) mass is 308 g/mol. The van der Waals surface area contributed by atoms with Gasteiger partial charge in [0.05, 0.1) is 17.5 Å². The summed E-state index contributed by atoms with van der Waals surface area (Å²) in [6.45, 7) is 2.54. The molecule has 0 atom stereocenters. The molecule has 0 saturated carbocycles. The third-order valence-electron chi connectivity index (χ3n) is 3.29. The van der Waals surface area contributed by atoms with Crippen molar-refractivity contribution >= 4 is 23.2 Å². The molecule has 1 aromatic carbocycles. The Kier molecular flexibility index (Phi) is 4.73. The molecule has 0 bridgehead atoms. The number of rotatable bonds is 3. The van der Waals surface area contributed by atoms with Crippen LogP contribution in [0.4, 0.5) is 5.69 Å². The van der Waals surface area contributed by atoms with Gasteiger partial charge in [-0.2, -0.15) is 5.26 Å². The molecule has 0 spiro atoms. The summed E-state index contributed by atoms with van der Waals surface area (Å²) in [4.78, 5) is 26.1. The molecule has 21 heavy (non-hydrogen) atoms. The predicted molar refractivity (Wildman–Crippen MR) is 76.1 cm³/mol. The molecule has 1 aromatic rings. The minimum absolute atomic E-state index is 0.163. The summed E-state index contributed by atoms with van der Waals surface area (Å²) in [5, 5.41) is 19.6. The van der Waals surface area contributed by atoms with Gasteiger partial charge in [-0.1, -0.05) is 11.6 Å². The van der Waals surface area contributed by atoms with Gasteiger partial charge in [-0.25, -0.2) is 0 Å². The van der Waals surface area contributed by atoms with Crippen LogP contribution in [-0.2, 0) is 0 Å². The Morgan fingerprint density at radius 1 is 1.33 bits per heavy atom. The Morgan fingerprint density at radius 3 is 2.57 bits per heavy atom. The zero-order valence-corrected chi connectivity index (χ0v) is 11.9. The van der Waals surface area contributed by atoms with E-state index in [0.717, 1.165) is 0 Å². The SMILES string of the molecule is N#CCN1CCN(C(=O)c2cc(Cl)cc([N+](=O)[O-])c2)CC1. The maximum absolute atomic E-state index is 12.4. The molecular weight excluding hydrogens is 296 g/mol. The molecule has 0 unspecified atom stereocenters. The first-order chi connectivity index (χ1) is 10.0. The number of halogens is 1. The second-order valence-electron chi connectivity index (χ2n) is 4.68. The lowest BCUT2D eigenvalue weighted by atomic mass is 10.1. The average molecular weight is 309 g/mol. The Labute approximate surface area is 126 Å². The third kappa shape index (κ3) is 3.68. The largest absolute Gasteiger partial charge is 0.336 e. The van der Waals surface area contributed by atoms with E-state index >= 15 is 0 Å². The summed E-state index contributed by atoms with van der Waals surface area (Å²) in [6, 6.07) is 5.94. The summed E-state index contributed by atoms with van der Waals surface area (Å²) >= 11 is 5.82. The molecular formula is C13H13ClN4O3. The fourth-order valence-corrected chi connectivity index (χ4v) is 2.42. The van der Waals surface area contributed by atoms with Crippen molar-refractivity contribution in [3.63, 3.8) is 0 Å². The van der Waals surface area contributed by atoms with Crippen molar-refractivity contribution in [1.82, 2.24) is 9.80 Å². The fraction of sp³-hybridized carbons (Fsp3) is 0.385. The number of nitro groups is 1. The number of piperazine rings is 1. The van der Waals surface area contributed by atoms with Gasteiger partial charge in [-0.3, -0.25) is 19.8 Å². The highest BCUT2D eigenvalue weighted by atomic mass is 35.5. The molecule has 110 valence electrons. The van der Waals surface area contributed by atoms with E-state index in [1.165, 1.54) is 18.2 Å². The molecule has 2 rings (SSSR count). The van der Waals surface area contributed by atoms with Crippen molar-refractivity contribution in [3.8, 4) is 6.07 Å². The van der Waals surface area contributed by atoms with E-state index in [2.05, 4.69) is 6.07 Å². The van der Waals surface area contributed by atoms with Crippen LogP contribution in [0.1, 0.15) is 10.4 Å². The first-order valence-corrected chi connectivity index (χ1v) is 6.72. The zero-order chi connectivity index (χ0) is 15.4. The van der Waals surface area contributed by atoms with Crippen molar-refractivity contribution in [1.29, 1.82) is 5.26 Å². The van der Waals surface area contributed by atoms with Gasteiger partial charge >= 0.3 is 0 Å². The summed E-state index contributed by atoms with van der Waals surface area (Å²) < 4.78 is 0. The molecule has 1 aliphatic heterocycles. The molecule has 8 heteroatoms. The van der Waals surface area contributed by atoms with Gasteiger partial charge in [0.15, 0.2) is 0 Å². The van der Waals surface area contributed by atoms with Crippen LogP contribution >= 0.6 is 11.6 Å². The Hall–Kier alpha value is -2.17. The lowest BCUT2D eigenvalue weighted by Crippen LogP contribution is -2.48. The lowest BCUT2D eigenvalue weighted by molar-refractivity contribution is -0.384. The highest BCUT2D eigenvalue weighted by Crippen LogP contribution is 2.22. The van der Waals surface area contributed by atoms with Crippen LogP contribution in [-0.4, -0.2) is 53.4 Å². The molecule has 1 heterocycles. The average Bonchev–Trinajstić information content (AvgIpc) is 2.47. The lowest BCUT2D eigenvalue weighted by Gasteiger charge is -2.33. The van der Waals surface area contributed by atoms with E-state index in [-0.39, 0.29) is 22.2 Å². The maximum atomic E-state index is 12.4. The van der Waals surface area contributed by atoms with Crippen LogP contribution in [0.2, 0.25) is 5.02 Å². The van der Waals surface area contributed by atoms with E-state index in [1.807, 2.05) is 4.90 Å². The molecule has 1 saturated heterocycles. The van der Waals surface area contributed by atoms with Crippen molar-refractivity contribution in [2.45, 2.75) is 0 Å². The summed E-state index contributed by atoms with van der Waals surface area (Å²) in [5.41, 5.74) is 0.0110. The van der Waals surface area contributed by atoms with Gasteiger partial charge in [-0.15, -0.1) is 0 Å². The summed E-state index contributed by atoms with van der Waals surface area (Å²) in [7, 11) is 0. The number of nitriles is 1. The van der Waals surface area contributed by atoms with Gasteiger partial charge in [0.2, 0.25) is 0 Å². The van der Waals surface area contributed by atoms with Crippen LogP contribution in [0.3, 0.4) is 0 Å². The van der Waals surface area contributed by atoms with Gasteiger partial charge in [0, 0.05) is 48.9 Å². The standard InChI is InChI=1S/C13H13ClN4O3/c14-11-7-10(8-12(9-11)18(20)21)13(19)17-5-3-16(2-1-15)4-6-17/h7-9H,2-6H2. The number of amides is 1. The molecule has 0 aliphatic carbocycles. The zero-order valence-electron chi connectivity index (χ0n) is 11.2. The molecule has 0 radical (unpaired) electrons. The molecule has 0 aromatic heterocycles. The smallest absolute Gasteiger partial charge is 0.271 e. The van der Waals surface area contributed by atoms with Crippen LogP contribution in [0, 0.1) is 21.4 Å². The number of benzene rings is 1. The normalized spacial score (nSPS) is 15.5. The molecule has 7 nitrogen and oxygen atoms in total. The molecule has 1 fully saturated rings. The molecule has 0 N–H and O–H groups in total. The number of carbonyl (C=O) groups is 1. The quantitative estimate of drug-likeness (QED) is 0.480. The van der Waals surface area contributed by atoms with Crippen molar-refractivity contribution in [2.24, 2.45) is 0 Å². The van der Waals surface area contributed by atoms with E-state index in [0.29, 0.717) is 32.7 Å². The third-order valence-corrected chi connectivity index (χ3v) is 3.51. The van der Waals surface area contributed by atoms with E-state index in [1.54, 1.807) is 4.90 Å². The Bertz CT molecular complexity index is 606. The maximum Gasteiger partial charge on any atom is 0.271 e. The highest BCUT2D eigenvalue weighted by molar-refractivity contribution is 6.31. The number of non-ortho nitro benzene ring substituents is 1. The fourth-order valence-electron chi connectivity index (χ4n) is 2.19. The highest BCUT2D eigenvalue weighted by Gasteiger charge is 2.23.